The van der Waals surface area contributed by atoms with E-state index < -0.39 is 0 Å². The highest BCUT2D eigenvalue weighted by Crippen LogP contribution is 2.25. The topological polar surface area (TPSA) is 99.2 Å². The van der Waals surface area contributed by atoms with Crippen LogP contribution in [-0.4, -0.2) is 52.2 Å². The van der Waals surface area contributed by atoms with Crippen LogP contribution in [0, 0.1) is 18.3 Å². The normalized spacial score (nSPS) is 13.5. The molecular weight excluding hydrogens is 428 g/mol. The number of nitrogens with zero attached hydrogens (tertiary/aromatic N) is 6. The van der Waals surface area contributed by atoms with Gasteiger partial charge in [0.25, 0.3) is 5.91 Å². The largest absolute Gasteiger partial charge is 0.416 e. The van der Waals surface area contributed by atoms with E-state index in [1.807, 2.05) is 53.1 Å². The summed E-state index contributed by atoms with van der Waals surface area (Å²) in [6.45, 7) is 4.38. The SMILES string of the molecule is Cc1cccc(-c2nnc(-c3ccc(C(=O)N4CCN(c5ncccc5C#N)CC4)cc3)o2)c1. The van der Waals surface area contributed by atoms with Crippen LogP contribution in [-0.2, 0) is 0 Å². The van der Waals surface area contributed by atoms with Crippen molar-refractivity contribution < 1.29 is 9.21 Å². The summed E-state index contributed by atoms with van der Waals surface area (Å²) in [5, 5.41) is 17.6. The van der Waals surface area contributed by atoms with Crippen LogP contribution in [0.1, 0.15) is 21.5 Å². The molecule has 2 aromatic carbocycles. The van der Waals surface area contributed by atoms with Gasteiger partial charge >= 0.3 is 0 Å². The van der Waals surface area contributed by atoms with E-state index in [1.54, 1.807) is 30.5 Å². The predicted octanol–water partition coefficient (Wildman–Crippen LogP) is 3.94. The second kappa shape index (κ2) is 9.16. The minimum Gasteiger partial charge on any atom is -0.416 e. The van der Waals surface area contributed by atoms with Crippen LogP contribution in [0.4, 0.5) is 5.82 Å². The van der Waals surface area contributed by atoms with E-state index in [1.165, 1.54) is 0 Å². The summed E-state index contributed by atoms with van der Waals surface area (Å²) in [6, 6.07) is 20.8. The summed E-state index contributed by atoms with van der Waals surface area (Å²) in [4.78, 5) is 21.2. The lowest BCUT2D eigenvalue weighted by Crippen LogP contribution is -2.49. The number of hydrogen-bond donors (Lipinski definition) is 0. The van der Waals surface area contributed by atoms with Crippen LogP contribution >= 0.6 is 0 Å². The molecule has 0 aliphatic carbocycles. The second-order valence-electron chi connectivity index (χ2n) is 8.12. The molecule has 5 rings (SSSR count). The minimum absolute atomic E-state index is 0.0290. The summed E-state index contributed by atoms with van der Waals surface area (Å²) in [7, 11) is 0. The molecule has 0 saturated carbocycles. The standard InChI is InChI=1S/C26H22N6O2/c1-18-4-2-5-21(16-18)25-30-29-24(34-25)19-7-9-20(10-8-19)26(33)32-14-12-31(13-15-32)23-22(17-27)6-3-11-28-23/h2-11,16H,12-15H2,1H3. The summed E-state index contributed by atoms with van der Waals surface area (Å²) < 4.78 is 5.85. The second-order valence-corrected chi connectivity index (χ2v) is 8.12. The first-order valence-electron chi connectivity index (χ1n) is 11.0. The number of pyridine rings is 1. The van der Waals surface area contributed by atoms with Crippen molar-refractivity contribution in [2.24, 2.45) is 0 Å². The van der Waals surface area contributed by atoms with Gasteiger partial charge in [-0.3, -0.25) is 4.79 Å². The number of nitriles is 1. The third kappa shape index (κ3) is 4.24. The van der Waals surface area contributed by atoms with E-state index >= 15 is 0 Å². The molecule has 4 aromatic rings. The van der Waals surface area contributed by atoms with Gasteiger partial charge in [-0.25, -0.2) is 4.98 Å². The average Bonchev–Trinajstić information content (AvgIpc) is 3.39. The quantitative estimate of drug-likeness (QED) is 0.464. The number of amides is 1. The molecule has 3 heterocycles. The molecule has 168 valence electrons. The maximum absolute atomic E-state index is 13.0. The molecule has 2 aromatic heterocycles. The Morgan fingerprint density at radius 3 is 2.38 bits per heavy atom. The van der Waals surface area contributed by atoms with E-state index in [0.717, 1.165) is 16.7 Å². The van der Waals surface area contributed by atoms with E-state index in [-0.39, 0.29) is 5.91 Å². The molecular formula is C26H22N6O2. The van der Waals surface area contributed by atoms with Gasteiger partial charge < -0.3 is 14.2 Å². The Kier molecular flexibility index (Phi) is 5.75. The molecule has 8 heteroatoms. The molecule has 1 aliphatic rings. The third-order valence-corrected chi connectivity index (χ3v) is 5.84. The Labute approximate surface area is 197 Å². The fourth-order valence-electron chi connectivity index (χ4n) is 4.03. The van der Waals surface area contributed by atoms with Crippen LogP contribution < -0.4 is 4.90 Å². The molecule has 8 nitrogen and oxygen atoms in total. The van der Waals surface area contributed by atoms with Crippen molar-refractivity contribution in [1.29, 1.82) is 5.26 Å². The van der Waals surface area contributed by atoms with Crippen LogP contribution in [0.3, 0.4) is 0 Å². The van der Waals surface area contributed by atoms with Gasteiger partial charge in [-0.1, -0.05) is 17.7 Å². The molecule has 0 radical (unpaired) electrons. The van der Waals surface area contributed by atoms with Crippen molar-refractivity contribution in [1.82, 2.24) is 20.1 Å². The Morgan fingerprint density at radius 1 is 0.941 bits per heavy atom. The van der Waals surface area contributed by atoms with Gasteiger partial charge in [0, 0.05) is 49.1 Å². The fourth-order valence-corrected chi connectivity index (χ4v) is 4.03. The lowest BCUT2D eigenvalue weighted by Gasteiger charge is -2.35. The Bertz CT molecular complexity index is 1360. The van der Waals surface area contributed by atoms with E-state index in [4.69, 9.17) is 4.42 Å². The first kappa shape index (κ1) is 21.3. The van der Waals surface area contributed by atoms with Crippen molar-refractivity contribution in [3.8, 4) is 29.0 Å². The van der Waals surface area contributed by atoms with Gasteiger partial charge in [-0.15, -0.1) is 10.2 Å². The number of carbonyl (C=O) groups excluding carboxylic acids is 1. The van der Waals surface area contributed by atoms with Gasteiger partial charge in [0.2, 0.25) is 11.8 Å². The number of rotatable bonds is 4. The Hall–Kier alpha value is -4.51. The molecule has 1 fully saturated rings. The summed E-state index contributed by atoms with van der Waals surface area (Å²) >= 11 is 0. The summed E-state index contributed by atoms with van der Waals surface area (Å²) in [5.41, 5.74) is 3.89. The van der Waals surface area contributed by atoms with Crippen LogP contribution in [0.15, 0.2) is 71.3 Å². The zero-order chi connectivity index (χ0) is 23.5. The van der Waals surface area contributed by atoms with E-state index in [0.29, 0.717) is 54.9 Å². The van der Waals surface area contributed by atoms with Crippen LogP contribution in [0.5, 0.6) is 0 Å². The number of aryl methyl sites for hydroxylation is 1. The molecule has 1 saturated heterocycles. The maximum atomic E-state index is 13.0. The zero-order valence-electron chi connectivity index (χ0n) is 18.7. The number of piperazine rings is 1. The van der Waals surface area contributed by atoms with E-state index in [9.17, 15) is 10.1 Å². The highest BCUT2D eigenvalue weighted by Gasteiger charge is 2.24. The number of benzene rings is 2. The van der Waals surface area contributed by atoms with Crippen molar-refractivity contribution >= 4 is 11.7 Å². The zero-order valence-corrected chi connectivity index (χ0v) is 18.7. The lowest BCUT2D eigenvalue weighted by atomic mass is 10.1. The molecule has 34 heavy (non-hydrogen) atoms. The van der Waals surface area contributed by atoms with Crippen molar-refractivity contribution in [2.45, 2.75) is 6.92 Å². The minimum atomic E-state index is -0.0290. The van der Waals surface area contributed by atoms with Gasteiger partial charge in [0.15, 0.2) is 0 Å². The monoisotopic (exact) mass is 450 g/mol. The third-order valence-electron chi connectivity index (χ3n) is 5.84. The van der Waals surface area contributed by atoms with Gasteiger partial charge in [-0.2, -0.15) is 5.26 Å². The average molecular weight is 451 g/mol. The van der Waals surface area contributed by atoms with Gasteiger partial charge in [0.05, 0.1) is 5.56 Å². The first-order valence-corrected chi connectivity index (χ1v) is 11.0. The number of aromatic nitrogens is 3. The Balaban J connectivity index is 1.25. The molecule has 0 bridgehead atoms. The summed E-state index contributed by atoms with van der Waals surface area (Å²) in [6.07, 6.45) is 1.68. The van der Waals surface area contributed by atoms with Crippen molar-refractivity contribution in [3.63, 3.8) is 0 Å². The van der Waals surface area contributed by atoms with Crippen LogP contribution in [0.2, 0.25) is 0 Å². The molecule has 0 N–H and O–H groups in total. The number of hydrogen-bond acceptors (Lipinski definition) is 7. The van der Waals surface area contributed by atoms with Crippen molar-refractivity contribution in [3.05, 3.63) is 83.6 Å². The van der Waals surface area contributed by atoms with Gasteiger partial charge in [0.1, 0.15) is 11.9 Å². The number of carbonyl (C=O) groups is 1. The molecule has 0 unspecified atom stereocenters. The molecule has 0 atom stereocenters. The fraction of sp³-hybridized carbons (Fsp3) is 0.192. The van der Waals surface area contributed by atoms with Crippen molar-refractivity contribution in [2.75, 3.05) is 31.1 Å². The molecule has 1 aliphatic heterocycles. The highest BCUT2D eigenvalue weighted by atomic mass is 16.4. The van der Waals surface area contributed by atoms with Gasteiger partial charge in [-0.05, 0) is 55.5 Å². The molecule has 0 spiro atoms. The van der Waals surface area contributed by atoms with Crippen LogP contribution in [0.25, 0.3) is 22.9 Å². The predicted molar refractivity (Wildman–Crippen MR) is 127 cm³/mol. The maximum Gasteiger partial charge on any atom is 0.253 e. The van der Waals surface area contributed by atoms with E-state index in [2.05, 4.69) is 21.3 Å². The molecule has 1 amide bonds. The number of anilines is 1. The Morgan fingerprint density at radius 2 is 1.68 bits per heavy atom. The smallest absolute Gasteiger partial charge is 0.253 e. The summed E-state index contributed by atoms with van der Waals surface area (Å²) in [5.74, 6) is 1.52. The first-order chi connectivity index (χ1) is 16.6. The highest BCUT2D eigenvalue weighted by molar-refractivity contribution is 5.94. The lowest BCUT2D eigenvalue weighted by molar-refractivity contribution is 0.0746.